The number of hydrogen-bond donors (Lipinski definition) is 1. The molecule has 0 fully saturated rings. The van der Waals surface area contributed by atoms with E-state index in [0.717, 1.165) is 0 Å². The molecular weight excluding hydrogens is 244 g/mol. The van der Waals surface area contributed by atoms with Crippen LogP contribution in [0.2, 0.25) is 0 Å². The summed E-state index contributed by atoms with van der Waals surface area (Å²) >= 11 is 0. The lowest BCUT2D eigenvalue weighted by Crippen LogP contribution is -2.43. The number of aryl methyl sites for hydroxylation is 1. The number of esters is 1. The number of nitrogens with one attached hydrogen (secondary N) is 1. The highest BCUT2D eigenvalue weighted by molar-refractivity contribution is 5.95. The van der Waals surface area contributed by atoms with E-state index in [1.807, 2.05) is 37.6 Å². The molecule has 106 valence electrons. The second kappa shape index (κ2) is 6.97. The second-order valence-corrected chi connectivity index (χ2v) is 4.86. The minimum atomic E-state index is -0.599. The summed E-state index contributed by atoms with van der Waals surface area (Å²) < 4.78 is 6.56. The van der Waals surface area contributed by atoms with Gasteiger partial charge in [-0.05, 0) is 31.4 Å². The number of ether oxygens (including phenoxy) is 1. The third-order valence-electron chi connectivity index (χ3n) is 2.90. The minimum absolute atomic E-state index is 0.247. The smallest absolute Gasteiger partial charge is 0.328 e. The fraction of sp³-hybridized carbons (Fsp3) is 0.571. The molecule has 1 rings (SSSR count). The monoisotopic (exact) mass is 266 g/mol. The Labute approximate surface area is 113 Å². The van der Waals surface area contributed by atoms with Gasteiger partial charge in [0, 0.05) is 12.7 Å². The maximum Gasteiger partial charge on any atom is 0.328 e. The number of carbonyl (C=O) groups is 2. The lowest BCUT2D eigenvalue weighted by Gasteiger charge is -2.18. The Hall–Kier alpha value is -1.78. The summed E-state index contributed by atoms with van der Waals surface area (Å²) in [6, 6.07) is 2.95. The molecule has 0 saturated carbocycles. The van der Waals surface area contributed by atoms with E-state index in [0.29, 0.717) is 24.6 Å². The van der Waals surface area contributed by atoms with Crippen molar-refractivity contribution in [3.63, 3.8) is 0 Å². The van der Waals surface area contributed by atoms with Crippen molar-refractivity contribution in [3.05, 3.63) is 24.0 Å². The molecule has 0 spiro atoms. The summed E-state index contributed by atoms with van der Waals surface area (Å²) in [5, 5.41) is 2.74. The summed E-state index contributed by atoms with van der Waals surface area (Å²) in [5.74, 6) is -0.359. The minimum Gasteiger partial charge on any atom is -0.467 e. The largest absolute Gasteiger partial charge is 0.467 e. The molecule has 5 nitrogen and oxygen atoms in total. The summed E-state index contributed by atoms with van der Waals surface area (Å²) in [6.07, 6.45) is 2.40. The van der Waals surface area contributed by atoms with E-state index in [4.69, 9.17) is 4.74 Å². The summed E-state index contributed by atoms with van der Waals surface area (Å²) in [7, 11) is 1.33. The van der Waals surface area contributed by atoms with Gasteiger partial charge in [0.1, 0.15) is 11.7 Å². The van der Waals surface area contributed by atoms with Crippen LogP contribution in [0, 0.1) is 5.92 Å². The number of rotatable bonds is 6. The molecule has 1 heterocycles. The van der Waals surface area contributed by atoms with Crippen molar-refractivity contribution in [2.75, 3.05) is 7.11 Å². The Kier molecular flexibility index (Phi) is 5.60. The van der Waals surface area contributed by atoms with E-state index < -0.39 is 12.0 Å². The fourth-order valence-corrected chi connectivity index (χ4v) is 1.96. The molecule has 1 amide bonds. The first-order valence-corrected chi connectivity index (χ1v) is 6.53. The van der Waals surface area contributed by atoms with E-state index >= 15 is 0 Å². The Bertz CT molecular complexity index is 438. The van der Waals surface area contributed by atoms with Crippen LogP contribution >= 0.6 is 0 Å². The van der Waals surface area contributed by atoms with E-state index in [2.05, 4.69) is 5.32 Å². The normalized spacial score (nSPS) is 12.3. The molecule has 0 aliphatic rings. The van der Waals surface area contributed by atoms with Crippen LogP contribution in [-0.2, 0) is 16.1 Å². The van der Waals surface area contributed by atoms with Crippen LogP contribution < -0.4 is 5.32 Å². The molecule has 0 aromatic carbocycles. The van der Waals surface area contributed by atoms with Gasteiger partial charge in [-0.25, -0.2) is 4.79 Å². The van der Waals surface area contributed by atoms with E-state index in [1.54, 1.807) is 6.07 Å². The zero-order valence-electron chi connectivity index (χ0n) is 12.0. The number of methoxy groups -OCH3 is 1. The van der Waals surface area contributed by atoms with Gasteiger partial charge in [-0.3, -0.25) is 4.79 Å². The first-order chi connectivity index (χ1) is 8.99. The number of carbonyl (C=O) groups excluding carboxylic acids is 2. The molecule has 19 heavy (non-hydrogen) atoms. The van der Waals surface area contributed by atoms with Crippen LogP contribution in [0.4, 0.5) is 0 Å². The average molecular weight is 266 g/mol. The Morgan fingerprint density at radius 3 is 2.63 bits per heavy atom. The van der Waals surface area contributed by atoms with Crippen molar-refractivity contribution in [3.8, 4) is 0 Å². The van der Waals surface area contributed by atoms with Crippen LogP contribution in [0.25, 0.3) is 0 Å². The van der Waals surface area contributed by atoms with Crippen molar-refractivity contribution in [1.82, 2.24) is 9.88 Å². The van der Waals surface area contributed by atoms with Gasteiger partial charge in [0.2, 0.25) is 0 Å². The second-order valence-electron chi connectivity index (χ2n) is 4.86. The van der Waals surface area contributed by atoms with Crippen LogP contribution in [0.15, 0.2) is 18.3 Å². The summed E-state index contributed by atoms with van der Waals surface area (Å²) in [4.78, 5) is 23.8. The van der Waals surface area contributed by atoms with Crippen LogP contribution in [0.1, 0.15) is 37.7 Å². The molecule has 1 aromatic heterocycles. The van der Waals surface area contributed by atoms with Gasteiger partial charge in [-0.2, -0.15) is 0 Å². The first kappa shape index (κ1) is 15.3. The third kappa shape index (κ3) is 4.12. The van der Waals surface area contributed by atoms with Gasteiger partial charge in [0.25, 0.3) is 5.91 Å². The quantitative estimate of drug-likeness (QED) is 0.799. The molecule has 0 aliphatic heterocycles. The first-order valence-electron chi connectivity index (χ1n) is 6.53. The van der Waals surface area contributed by atoms with Gasteiger partial charge in [-0.1, -0.05) is 13.8 Å². The molecule has 5 heteroatoms. The highest BCUT2D eigenvalue weighted by atomic mass is 16.5. The molecule has 1 aromatic rings. The Morgan fingerprint density at radius 1 is 1.42 bits per heavy atom. The van der Waals surface area contributed by atoms with Crippen molar-refractivity contribution in [2.45, 2.75) is 39.8 Å². The maximum absolute atomic E-state index is 12.2. The molecular formula is C14H22N2O3. The van der Waals surface area contributed by atoms with Crippen LogP contribution in [-0.4, -0.2) is 29.6 Å². The standard InChI is InChI=1S/C14H22N2O3/c1-5-16-8-6-7-12(16)13(17)15-11(9-10(2)3)14(18)19-4/h6-8,10-11H,5,9H2,1-4H3,(H,15,17). The van der Waals surface area contributed by atoms with Crippen molar-refractivity contribution >= 4 is 11.9 Å². The lowest BCUT2D eigenvalue weighted by molar-refractivity contribution is -0.143. The van der Waals surface area contributed by atoms with Crippen molar-refractivity contribution in [2.24, 2.45) is 5.92 Å². The topological polar surface area (TPSA) is 60.3 Å². The molecule has 0 bridgehead atoms. The highest BCUT2D eigenvalue weighted by Gasteiger charge is 2.24. The molecule has 0 aliphatic carbocycles. The fourth-order valence-electron chi connectivity index (χ4n) is 1.96. The van der Waals surface area contributed by atoms with Gasteiger partial charge < -0.3 is 14.6 Å². The number of aromatic nitrogens is 1. The van der Waals surface area contributed by atoms with Gasteiger partial charge in [0.15, 0.2) is 0 Å². The van der Waals surface area contributed by atoms with Gasteiger partial charge >= 0.3 is 5.97 Å². The average Bonchev–Trinajstić information content (AvgIpc) is 2.84. The zero-order chi connectivity index (χ0) is 14.4. The molecule has 0 saturated heterocycles. The van der Waals surface area contributed by atoms with Crippen molar-refractivity contribution in [1.29, 1.82) is 0 Å². The Balaban J connectivity index is 2.78. The number of nitrogens with zero attached hydrogens (tertiary/aromatic N) is 1. The van der Waals surface area contributed by atoms with Gasteiger partial charge in [-0.15, -0.1) is 0 Å². The van der Waals surface area contributed by atoms with E-state index in [1.165, 1.54) is 7.11 Å². The molecule has 1 atom stereocenters. The van der Waals surface area contributed by atoms with E-state index in [-0.39, 0.29) is 5.91 Å². The maximum atomic E-state index is 12.2. The highest BCUT2D eigenvalue weighted by Crippen LogP contribution is 2.08. The molecule has 1 unspecified atom stereocenters. The number of hydrogen-bond acceptors (Lipinski definition) is 3. The predicted octanol–water partition coefficient (Wildman–Crippen LogP) is 1.83. The molecule has 0 radical (unpaired) electrons. The Morgan fingerprint density at radius 2 is 2.11 bits per heavy atom. The zero-order valence-corrected chi connectivity index (χ0v) is 12.0. The predicted molar refractivity (Wildman–Crippen MR) is 72.8 cm³/mol. The van der Waals surface area contributed by atoms with E-state index in [9.17, 15) is 9.59 Å². The van der Waals surface area contributed by atoms with Gasteiger partial charge in [0.05, 0.1) is 7.11 Å². The lowest BCUT2D eigenvalue weighted by atomic mass is 10.0. The number of amides is 1. The third-order valence-corrected chi connectivity index (χ3v) is 2.90. The molecule has 1 N–H and O–H groups in total. The van der Waals surface area contributed by atoms with Crippen LogP contribution in [0.3, 0.4) is 0 Å². The SMILES string of the molecule is CCn1cccc1C(=O)NC(CC(C)C)C(=O)OC. The summed E-state index contributed by atoms with van der Waals surface area (Å²) in [5.41, 5.74) is 0.556. The van der Waals surface area contributed by atoms with Crippen molar-refractivity contribution < 1.29 is 14.3 Å². The van der Waals surface area contributed by atoms with Crippen LogP contribution in [0.5, 0.6) is 0 Å². The summed E-state index contributed by atoms with van der Waals surface area (Å²) in [6.45, 7) is 6.67.